The monoisotopic (exact) mass is 291 g/mol. The van der Waals surface area contributed by atoms with Crippen molar-refractivity contribution in [3.05, 3.63) is 46.5 Å². The van der Waals surface area contributed by atoms with Crippen molar-refractivity contribution >= 4 is 34.1 Å². The molecule has 3 rings (SSSR count). The predicted molar refractivity (Wildman–Crippen MR) is 78.7 cm³/mol. The number of hydrogen-bond donors (Lipinski definition) is 1. The Bertz CT molecular complexity index is 750. The molecule has 5 heteroatoms. The predicted octanol–water partition coefficient (Wildman–Crippen LogP) is 4.49. The molecule has 19 heavy (non-hydrogen) atoms. The molecular formula is C14H11Cl2N3. The lowest BCUT2D eigenvalue weighted by molar-refractivity contribution is 1.14. The van der Waals surface area contributed by atoms with Gasteiger partial charge in [-0.1, -0.05) is 30.7 Å². The number of nitrogens with zero attached hydrogens (tertiary/aromatic N) is 2. The van der Waals surface area contributed by atoms with E-state index in [1.807, 2.05) is 6.20 Å². The van der Waals surface area contributed by atoms with Gasteiger partial charge in [-0.2, -0.15) is 0 Å². The van der Waals surface area contributed by atoms with E-state index in [4.69, 9.17) is 23.2 Å². The largest absolute Gasteiger partial charge is 0.360 e. The van der Waals surface area contributed by atoms with E-state index in [1.54, 1.807) is 0 Å². The molecule has 1 N–H and O–H groups in total. The van der Waals surface area contributed by atoms with E-state index >= 15 is 0 Å². The number of aromatic amines is 1. The first-order valence-corrected chi connectivity index (χ1v) is 6.73. The Morgan fingerprint density at radius 3 is 2.89 bits per heavy atom. The number of hydrogen-bond acceptors (Lipinski definition) is 2. The quantitative estimate of drug-likeness (QED) is 0.707. The molecule has 0 saturated carbocycles. The lowest BCUT2D eigenvalue weighted by Crippen LogP contribution is -1.88. The molecule has 0 saturated heterocycles. The minimum absolute atomic E-state index is 0.193. The second kappa shape index (κ2) is 4.83. The SMILES string of the molecule is CCc1ccc2c(-c3nc(Cl)ncc3Cl)c[nH]c2c1. The summed E-state index contributed by atoms with van der Waals surface area (Å²) in [7, 11) is 0. The van der Waals surface area contributed by atoms with Crippen molar-refractivity contribution in [3.8, 4) is 11.3 Å². The van der Waals surface area contributed by atoms with Gasteiger partial charge < -0.3 is 4.98 Å². The highest BCUT2D eigenvalue weighted by atomic mass is 35.5. The van der Waals surface area contributed by atoms with Gasteiger partial charge in [0.05, 0.1) is 16.9 Å². The molecule has 0 bridgehead atoms. The average molecular weight is 292 g/mol. The molecule has 0 aliphatic heterocycles. The summed E-state index contributed by atoms with van der Waals surface area (Å²) in [5.74, 6) is 0. The highest BCUT2D eigenvalue weighted by molar-refractivity contribution is 6.34. The minimum Gasteiger partial charge on any atom is -0.360 e. The molecule has 0 aliphatic rings. The van der Waals surface area contributed by atoms with Crippen LogP contribution in [0, 0.1) is 0 Å². The van der Waals surface area contributed by atoms with E-state index in [2.05, 4.69) is 40.1 Å². The van der Waals surface area contributed by atoms with Crippen molar-refractivity contribution in [1.29, 1.82) is 0 Å². The van der Waals surface area contributed by atoms with Gasteiger partial charge >= 0.3 is 0 Å². The van der Waals surface area contributed by atoms with E-state index in [9.17, 15) is 0 Å². The second-order valence-electron chi connectivity index (χ2n) is 4.27. The molecule has 1 aromatic carbocycles. The first-order valence-electron chi connectivity index (χ1n) is 5.97. The van der Waals surface area contributed by atoms with Crippen LogP contribution in [0.25, 0.3) is 22.2 Å². The van der Waals surface area contributed by atoms with Gasteiger partial charge in [-0.05, 0) is 29.7 Å². The number of fused-ring (bicyclic) bond motifs is 1. The molecule has 2 aromatic heterocycles. The van der Waals surface area contributed by atoms with Crippen LogP contribution in [0.1, 0.15) is 12.5 Å². The molecule has 0 amide bonds. The third kappa shape index (κ3) is 2.20. The van der Waals surface area contributed by atoms with Crippen molar-refractivity contribution in [3.63, 3.8) is 0 Å². The van der Waals surface area contributed by atoms with Crippen LogP contribution in [-0.4, -0.2) is 15.0 Å². The summed E-state index contributed by atoms with van der Waals surface area (Å²) in [4.78, 5) is 11.3. The first-order chi connectivity index (χ1) is 9.19. The van der Waals surface area contributed by atoms with Crippen LogP contribution < -0.4 is 0 Å². The molecule has 0 unspecified atom stereocenters. The molecule has 0 atom stereocenters. The minimum atomic E-state index is 0.193. The summed E-state index contributed by atoms with van der Waals surface area (Å²) in [6.07, 6.45) is 4.42. The summed E-state index contributed by atoms with van der Waals surface area (Å²) in [6, 6.07) is 6.32. The van der Waals surface area contributed by atoms with E-state index in [0.717, 1.165) is 22.9 Å². The van der Waals surface area contributed by atoms with Crippen molar-refractivity contribution in [2.45, 2.75) is 13.3 Å². The van der Waals surface area contributed by atoms with Crippen LogP contribution in [-0.2, 0) is 6.42 Å². The number of rotatable bonds is 2. The Morgan fingerprint density at radius 1 is 1.26 bits per heavy atom. The number of aryl methyl sites for hydroxylation is 1. The highest BCUT2D eigenvalue weighted by Crippen LogP contribution is 2.32. The molecule has 0 aliphatic carbocycles. The number of H-pyrrole nitrogens is 1. The van der Waals surface area contributed by atoms with Gasteiger partial charge in [0, 0.05) is 22.7 Å². The summed E-state index contributed by atoms with van der Waals surface area (Å²) in [5, 5.41) is 1.76. The van der Waals surface area contributed by atoms with Gasteiger partial charge in [-0.3, -0.25) is 0 Å². The van der Waals surface area contributed by atoms with Gasteiger partial charge in [0.1, 0.15) is 0 Å². The fraction of sp³-hybridized carbons (Fsp3) is 0.143. The van der Waals surface area contributed by atoms with E-state index in [-0.39, 0.29) is 5.28 Å². The van der Waals surface area contributed by atoms with Crippen LogP contribution in [0.15, 0.2) is 30.6 Å². The Kier molecular flexibility index (Phi) is 3.17. The van der Waals surface area contributed by atoms with Gasteiger partial charge in [0.25, 0.3) is 0 Å². The Balaban J connectivity index is 2.23. The fourth-order valence-electron chi connectivity index (χ4n) is 2.12. The Hall–Kier alpha value is -1.58. The lowest BCUT2D eigenvalue weighted by atomic mass is 10.1. The molecular weight excluding hydrogens is 281 g/mol. The Morgan fingerprint density at radius 2 is 2.11 bits per heavy atom. The van der Waals surface area contributed by atoms with Gasteiger partial charge in [0.15, 0.2) is 0 Å². The first kappa shape index (κ1) is 12.5. The van der Waals surface area contributed by atoms with Crippen LogP contribution in [0.5, 0.6) is 0 Å². The topological polar surface area (TPSA) is 41.6 Å². The highest BCUT2D eigenvalue weighted by Gasteiger charge is 2.12. The number of benzene rings is 1. The summed E-state index contributed by atoms with van der Waals surface area (Å²) < 4.78 is 0. The van der Waals surface area contributed by atoms with E-state index in [1.165, 1.54) is 11.8 Å². The molecule has 2 heterocycles. The zero-order valence-corrected chi connectivity index (χ0v) is 11.8. The van der Waals surface area contributed by atoms with Crippen LogP contribution in [0.4, 0.5) is 0 Å². The standard InChI is InChI=1S/C14H11Cl2N3/c1-2-8-3-4-9-10(6-17-12(9)5-8)13-11(15)7-18-14(16)19-13/h3-7,17H,2H2,1H3. The number of aromatic nitrogens is 3. The molecule has 0 radical (unpaired) electrons. The normalized spacial score (nSPS) is 11.1. The van der Waals surface area contributed by atoms with Crippen molar-refractivity contribution in [1.82, 2.24) is 15.0 Å². The van der Waals surface area contributed by atoms with Crippen molar-refractivity contribution in [2.24, 2.45) is 0 Å². The van der Waals surface area contributed by atoms with Crippen molar-refractivity contribution in [2.75, 3.05) is 0 Å². The summed E-state index contributed by atoms with van der Waals surface area (Å²) in [5.41, 5.74) is 3.94. The van der Waals surface area contributed by atoms with Crippen LogP contribution >= 0.6 is 23.2 Å². The smallest absolute Gasteiger partial charge is 0.222 e. The van der Waals surface area contributed by atoms with Gasteiger partial charge in [0.2, 0.25) is 5.28 Å². The zero-order valence-electron chi connectivity index (χ0n) is 10.2. The number of halogens is 2. The van der Waals surface area contributed by atoms with E-state index < -0.39 is 0 Å². The van der Waals surface area contributed by atoms with Gasteiger partial charge in [-0.25, -0.2) is 9.97 Å². The molecule has 0 spiro atoms. The van der Waals surface area contributed by atoms with Crippen molar-refractivity contribution < 1.29 is 0 Å². The van der Waals surface area contributed by atoms with E-state index in [0.29, 0.717) is 10.7 Å². The maximum Gasteiger partial charge on any atom is 0.222 e. The average Bonchev–Trinajstić information content (AvgIpc) is 2.84. The maximum atomic E-state index is 6.15. The summed E-state index contributed by atoms with van der Waals surface area (Å²) in [6.45, 7) is 2.13. The third-order valence-electron chi connectivity index (χ3n) is 3.12. The molecule has 3 aromatic rings. The summed E-state index contributed by atoms with van der Waals surface area (Å²) >= 11 is 12.0. The lowest BCUT2D eigenvalue weighted by Gasteiger charge is -2.02. The second-order valence-corrected chi connectivity index (χ2v) is 5.02. The number of nitrogens with one attached hydrogen (secondary N) is 1. The molecule has 0 fully saturated rings. The molecule has 96 valence electrons. The van der Waals surface area contributed by atoms with Crippen LogP contribution in [0.2, 0.25) is 10.3 Å². The third-order valence-corrected chi connectivity index (χ3v) is 3.58. The fourth-order valence-corrected chi connectivity index (χ4v) is 2.45. The van der Waals surface area contributed by atoms with Crippen LogP contribution in [0.3, 0.4) is 0 Å². The zero-order chi connectivity index (χ0) is 13.4. The maximum absolute atomic E-state index is 6.15. The van der Waals surface area contributed by atoms with Gasteiger partial charge in [-0.15, -0.1) is 0 Å². The Labute approximate surface area is 120 Å². The molecule has 3 nitrogen and oxygen atoms in total.